The van der Waals surface area contributed by atoms with Crippen molar-refractivity contribution in [3.8, 4) is 0 Å². The number of methoxy groups -OCH3 is 2. The van der Waals surface area contributed by atoms with Crippen LogP contribution in [0.25, 0.3) is 0 Å². The molecule has 7 nitrogen and oxygen atoms in total. The summed E-state index contributed by atoms with van der Waals surface area (Å²) in [4.78, 5) is 30.0. The zero-order valence-electron chi connectivity index (χ0n) is 20.7. The predicted octanol–water partition coefficient (Wildman–Crippen LogP) is 5.13. The van der Waals surface area contributed by atoms with Gasteiger partial charge in [-0.2, -0.15) is 13.2 Å². The van der Waals surface area contributed by atoms with Crippen LogP contribution in [0.1, 0.15) is 41.9 Å². The zero-order valence-corrected chi connectivity index (χ0v) is 21.5. The minimum Gasteiger partial charge on any atom is -0.466 e. The largest absolute Gasteiger partial charge is 0.466 e. The Hall–Kier alpha value is -3.31. The number of dihydropyridines is 1. The van der Waals surface area contributed by atoms with Gasteiger partial charge in [0.05, 0.1) is 36.8 Å². The minimum atomic E-state index is -4.62. The highest BCUT2D eigenvalue weighted by molar-refractivity contribution is 7.99. The molecule has 1 aromatic heterocycles. The SMILES string of the molecule is CCOC(SCC1=C(C(=O)OC)C(c2cccc(C(F)(F)F)c2)C(C(=O)OC)=C(C)N1)c1cccnc1. The van der Waals surface area contributed by atoms with Gasteiger partial charge in [0.1, 0.15) is 5.44 Å². The van der Waals surface area contributed by atoms with E-state index in [4.69, 9.17) is 14.2 Å². The van der Waals surface area contributed by atoms with Crippen LogP contribution in [-0.2, 0) is 30.0 Å². The molecule has 0 saturated heterocycles. The lowest BCUT2D eigenvalue weighted by molar-refractivity contribution is -0.138. The number of nitrogens with one attached hydrogen (secondary N) is 1. The Morgan fingerprint density at radius 1 is 1.11 bits per heavy atom. The van der Waals surface area contributed by atoms with E-state index in [1.54, 1.807) is 25.4 Å². The second kappa shape index (κ2) is 12.3. The summed E-state index contributed by atoms with van der Waals surface area (Å²) in [6.07, 6.45) is -1.31. The van der Waals surface area contributed by atoms with Crippen molar-refractivity contribution >= 4 is 23.7 Å². The van der Waals surface area contributed by atoms with Crippen LogP contribution in [0.4, 0.5) is 13.2 Å². The van der Waals surface area contributed by atoms with Crippen molar-refractivity contribution < 1.29 is 37.0 Å². The summed E-state index contributed by atoms with van der Waals surface area (Å²) in [6.45, 7) is 3.87. The molecule has 0 aliphatic carbocycles. The highest BCUT2D eigenvalue weighted by Crippen LogP contribution is 2.42. The molecular weight excluding hydrogens is 509 g/mol. The topological polar surface area (TPSA) is 86.8 Å². The second-order valence-electron chi connectivity index (χ2n) is 7.98. The Morgan fingerprint density at radius 3 is 2.41 bits per heavy atom. The number of carbonyl (C=O) groups is 2. The average Bonchev–Trinajstić information content (AvgIpc) is 2.89. The molecule has 198 valence electrons. The van der Waals surface area contributed by atoms with E-state index in [1.165, 1.54) is 38.1 Å². The standard InChI is InChI=1S/C26H27F3N2O5S/c1-5-36-25(17-9-7-11-30-13-17)37-14-19-22(24(33)35-4)21(20(15(2)31-19)23(32)34-3)16-8-6-10-18(12-16)26(27,28)29/h6-13,21,25,31H,5,14H2,1-4H3. The van der Waals surface area contributed by atoms with Gasteiger partial charge >= 0.3 is 18.1 Å². The van der Waals surface area contributed by atoms with E-state index < -0.39 is 35.0 Å². The number of ether oxygens (including phenoxy) is 3. The quantitative estimate of drug-likeness (QED) is 0.349. The van der Waals surface area contributed by atoms with E-state index in [9.17, 15) is 22.8 Å². The fourth-order valence-electron chi connectivity index (χ4n) is 4.04. The summed E-state index contributed by atoms with van der Waals surface area (Å²) in [5, 5.41) is 3.08. The van der Waals surface area contributed by atoms with Gasteiger partial charge in [-0.25, -0.2) is 9.59 Å². The first-order valence-corrected chi connectivity index (χ1v) is 12.3. The molecule has 1 aliphatic rings. The molecule has 1 N–H and O–H groups in total. The van der Waals surface area contributed by atoms with Crippen LogP contribution in [0, 0.1) is 0 Å². The number of benzene rings is 1. The van der Waals surface area contributed by atoms with E-state index in [0.717, 1.165) is 17.7 Å². The van der Waals surface area contributed by atoms with Gasteiger partial charge in [-0.05, 0) is 31.5 Å². The van der Waals surface area contributed by atoms with Crippen molar-refractivity contribution in [2.24, 2.45) is 0 Å². The summed E-state index contributed by atoms with van der Waals surface area (Å²) < 4.78 is 56.4. The molecule has 2 atom stereocenters. The van der Waals surface area contributed by atoms with Gasteiger partial charge < -0.3 is 19.5 Å². The Balaban J connectivity index is 2.13. The van der Waals surface area contributed by atoms with Crippen molar-refractivity contribution in [2.45, 2.75) is 31.4 Å². The number of nitrogens with zero attached hydrogens (tertiary/aromatic N) is 1. The molecule has 2 aromatic rings. The summed E-state index contributed by atoms with van der Waals surface area (Å²) in [5.74, 6) is -2.51. The average molecular weight is 537 g/mol. The number of esters is 2. The lowest BCUT2D eigenvalue weighted by atomic mass is 9.80. The maximum Gasteiger partial charge on any atom is 0.416 e. The Morgan fingerprint density at radius 2 is 1.81 bits per heavy atom. The Bertz CT molecular complexity index is 1200. The molecule has 0 spiro atoms. The lowest BCUT2D eigenvalue weighted by Gasteiger charge is -2.32. The Kier molecular flexibility index (Phi) is 9.39. The third kappa shape index (κ3) is 6.53. The predicted molar refractivity (Wildman–Crippen MR) is 132 cm³/mol. The van der Waals surface area contributed by atoms with Gasteiger partial charge in [-0.3, -0.25) is 4.98 Å². The van der Waals surface area contributed by atoms with Crippen LogP contribution in [0.15, 0.2) is 71.3 Å². The fraction of sp³-hybridized carbons (Fsp3) is 0.346. The summed E-state index contributed by atoms with van der Waals surface area (Å²) >= 11 is 1.35. The first kappa shape index (κ1) is 28.3. The maximum absolute atomic E-state index is 13.5. The molecule has 11 heteroatoms. The minimum absolute atomic E-state index is 0.0155. The van der Waals surface area contributed by atoms with Crippen LogP contribution >= 0.6 is 11.8 Å². The number of rotatable bonds is 9. The molecule has 37 heavy (non-hydrogen) atoms. The molecule has 3 rings (SSSR count). The number of halogens is 3. The molecule has 0 bridgehead atoms. The van der Waals surface area contributed by atoms with Crippen molar-refractivity contribution in [3.63, 3.8) is 0 Å². The third-order valence-electron chi connectivity index (χ3n) is 5.66. The smallest absolute Gasteiger partial charge is 0.416 e. The first-order chi connectivity index (χ1) is 17.6. The highest BCUT2D eigenvalue weighted by Gasteiger charge is 2.40. The second-order valence-corrected chi connectivity index (χ2v) is 9.03. The van der Waals surface area contributed by atoms with E-state index in [0.29, 0.717) is 18.0 Å². The van der Waals surface area contributed by atoms with Crippen molar-refractivity contribution in [3.05, 3.63) is 88.0 Å². The lowest BCUT2D eigenvalue weighted by Crippen LogP contribution is -2.34. The van der Waals surface area contributed by atoms with Crippen LogP contribution in [-0.4, -0.2) is 43.5 Å². The van der Waals surface area contributed by atoms with Crippen molar-refractivity contribution in [2.75, 3.05) is 26.6 Å². The maximum atomic E-state index is 13.5. The van der Waals surface area contributed by atoms with Crippen LogP contribution < -0.4 is 5.32 Å². The van der Waals surface area contributed by atoms with Gasteiger partial charge in [0.25, 0.3) is 0 Å². The molecule has 0 saturated carbocycles. The van der Waals surface area contributed by atoms with Gasteiger partial charge in [0.15, 0.2) is 0 Å². The normalized spacial score (nSPS) is 16.8. The van der Waals surface area contributed by atoms with Gasteiger partial charge in [0, 0.05) is 41.7 Å². The fourth-order valence-corrected chi connectivity index (χ4v) is 5.15. The number of allylic oxidation sites excluding steroid dienone is 1. The molecule has 0 radical (unpaired) electrons. The van der Waals surface area contributed by atoms with Gasteiger partial charge in [0.2, 0.25) is 0 Å². The molecule has 1 aliphatic heterocycles. The van der Waals surface area contributed by atoms with Gasteiger partial charge in [-0.1, -0.05) is 24.3 Å². The van der Waals surface area contributed by atoms with E-state index in [1.807, 2.05) is 13.0 Å². The highest BCUT2D eigenvalue weighted by atomic mass is 32.2. The molecule has 2 unspecified atom stereocenters. The third-order valence-corrected chi connectivity index (χ3v) is 6.82. The number of hydrogen-bond acceptors (Lipinski definition) is 8. The van der Waals surface area contributed by atoms with Crippen LogP contribution in [0.3, 0.4) is 0 Å². The number of hydrogen-bond donors (Lipinski definition) is 1. The number of pyridine rings is 1. The van der Waals surface area contributed by atoms with Crippen molar-refractivity contribution in [1.82, 2.24) is 10.3 Å². The van der Waals surface area contributed by atoms with Crippen LogP contribution in [0.2, 0.25) is 0 Å². The first-order valence-electron chi connectivity index (χ1n) is 11.3. The number of aromatic nitrogens is 1. The molecule has 0 amide bonds. The van der Waals surface area contributed by atoms with Gasteiger partial charge in [-0.15, -0.1) is 11.8 Å². The number of alkyl halides is 3. The molecule has 0 fully saturated rings. The summed E-state index contributed by atoms with van der Waals surface area (Å²) in [6, 6.07) is 8.17. The molecule has 2 heterocycles. The summed E-state index contributed by atoms with van der Waals surface area (Å²) in [5.41, 5.74) is 0.356. The monoisotopic (exact) mass is 536 g/mol. The molecular formula is C26H27F3N2O5S. The van der Waals surface area contributed by atoms with E-state index in [2.05, 4.69) is 10.3 Å². The zero-order chi connectivity index (χ0) is 27.2. The summed E-state index contributed by atoms with van der Waals surface area (Å²) in [7, 11) is 2.34. The van der Waals surface area contributed by atoms with E-state index in [-0.39, 0.29) is 22.5 Å². The Labute approximate surface area is 217 Å². The van der Waals surface area contributed by atoms with E-state index >= 15 is 0 Å². The van der Waals surface area contributed by atoms with Crippen LogP contribution in [0.5, 0.6) is 0 Å². The van der Waals surface area contributed by atoms with Crippen molar-refractivity contribution in [1.29, 1.82) is 0 Å². The molecule has 1 aromatic carbocycles. The number of carbonyl (C=O) groups excluding carboxylic acids is 2. The number of thioether (sulfide) groups is 1.